The van der Waals surface area contributed by atoms with Gasteiger partial charge in [0.15, 0.2) is 0 Å². The fourth-order valence-corrected chi connectivity index (χ4v) is 10.2. The van der Waals surface area contributed by atoms with E-state index >= 15 is 0 Å². The molecule has 0 fully saturated rings. The molecule has 12 rings (SSSR count). The van der Waals surface area contributed by atoms with Crippen molar-refractivity contribution in [3.63, 3.8) is 0 Å². The zero-order valence-corrected chi connectivity index (χ0v) is 31.2. The van der Waals surface area contributed by atoms with Gasteiger partial charge in [0, 0.05) is 21.6 Å². The standard InChI is InChI=1S/C55H36O/c1-55(2)47-32-35(29-30-45(47)51-52-46-26-11-12-28-48(46)56-54(52)44-25-10-9-24-43(44)53(51)55)34-17-13-18-36(31-34)49-39-20-5-7-22-41(39)50(42-23-8-6-21-40(42)49)38-27-14-16-33-15-3-4-19-37(33)38/h3-32H,1-2H3. The molecule has 1 heterocycles. The Kier molecular flexibility index (Phi) is 6.46. The summed E-state index contributed by atoms with van der Waals surface area (Å²) in [7, 11) is 0. The molecular weight excluding hydrogens is 677 g/mol. The highest BCUT2D eigenvalue weighted by Crippen LogP contribution is 2.57. The second kappa shape index (κ2) is 11.5. The van der Waals surface area contributed by atoms with Gasteiger partial charge in [-0.25, -0.2) is 0 Å². The minimum atomic E-state index is -0.214. The molecule has 0 N–H and O–H groups in total. The SMILES string of the molecule is CC1(C)c2cc(-c3cccc(-c4c5ccccc5c(-c5cccc6ccccc56)c5ccccc45)c3)ccc2-c2c1c1ccccc1c1oc3ccccc3c21. The van der Waals surface area contributed by atoms with E-state index in [1.165, 1.54) is 109 Å². The lowest BCUT2D eigenvalue weighted by Gasteiger charge is -2.24. The fourth-order valence-electron chi connectivity index (χ4n) is 10.2. The van der Waals surface area contributed by atoms with E-state index in [1.807, 2.05) is 0 Å². The first kappa shape index (κ1) is 31.4. The van der Waals surface area contributed by atoms with Crippen LogP contribution in [0.15, 0.2) is 186 Å². The zero-order valence-electron chi connectivity index (χ0n) is 31.2. The normalized spacial score (nSPS) is 13.3. The lowest BCUT2D eigenvalue weighted by atomic mass is 9.79. The van der Waals surface area contributed by atoms with Crippen molar-refractivity contribution in [1.29, 1.82) is 0 Å². The average Bonchev–Trinajstić information content (AvgIpc) is 3.75. The van der Waals surface area contributed by atoms with Gasteiger partial charge in [0.1, 0.15) is 11.2 Å². The Morgan fingerprint density at radius 1 is 0.375 bits per heavy atom. The molecule has 1 aliphatic carbocycles. The van der Waals surface area contributed by atoms with Crippen LogP contribution in [0.1, 0.15) is 25.0 Å². The second-order valence-electron chi connectivity index (χ2n) is 15.9. The van der Waals surface area contributed by atoms with Gasteiger partial charge in [-0.15, -0.1) is 0 Å². The first-order valence-electron chi connectivity index (χ1n) is 19.6. The zero-order chi connectivity index (χ0) is 37.1. The highest BCUT2D eigenvalue weighted by molar-refractivity contribution is 6.25. The van der Waals surface area contributed by atoms with Crippen LogP contribution in [-0.4, -0.2) is 0 Å². The van der Waals surface area contributed by atoms with Gasteiger partial charge in [-0.2, -0.15) is 0 Å². The molecule has 262 valence electrons. The van der Waals surface area contributed by atoms with E-state index in [0.29, 0.717) is 0 Å². The number of furan rings is 1. The van der Waals surface area contributed by atoms with Crippen LogP contribution in [0, 0.1) is 0 Å². The number of fused-ring (bicyclic) bond motifs is 13. The maximum absolute atomic E-state index is 6.63. The summed E-state index contributed by atoms with van der Waals surface area (Å²) >= 11 is 0. The van der Waals surface area contributed by atoms with Gasteiger partial charge in [0.25, 0.3) is 0 Å². The Bertz CT molecular complexity index is 3390. The molecule has 0 aliphatic heterocycles. The summed E-state index contributed by atoms with van der Waals surface area (Å²) in [6.45, 7) is 4.79. The van der Waals surface area contributed by atoms with Gasteiger partial charge in [0.05, 0.1) is 0 Å². The Morgan fingerprint density at radius 3 is 1.68 bits per heavy atom. The highest BCUT2D eigenvalue weighted by atomic mass is 16.3. The Morgan fingerprint density at radius 2 is 0.929 bits per heavy atom. The molecule has 10 aromatic carbocycles. The van der Waals surface area contributed by atoms with Gasteiger partial charge in [-0.1, -0.05) is 178 Å². The smallest absolute Gasteiger partial charge is 0.143 e. The van der Waals surface area contributed by atoms with Crippen LogP contribution < -0.4 is 0 Å². The van der Waals surface area contributed by atoms with Crippen LogP contribution in [0.3, 0.4) is 0 Å². The van der Waals surface area contributed by atoms with Crippen molar-refractivity contribution >= 4 is 65.0 Å². The molecule has 0 amide bonds. The summed E-state index contributed by atoms with van der Waals surface area (Å²) in [4.78, 5) is 0. The fraction of sp³-hybridized carbons (Fsp3) is 0.0545. The van der Waals surface area contributed by atoms with Crippen molar-refractivity contribution in [3.8, 4) is 44.5 Å². The first-order valence-corrected chi connectivity index (χ1v) is 19.6. The quantitative estimate of drug-likeness (QED) is 0.166. The topological polar surface area (TPSA) is 13.1 Å². The summed E-state index contributed by atoms with van der Waals surface area (Å²) in [5.41, 5.74) is 14.6. The molecule has 0 radical (unpaired) electrons. The Balaban J connectivity index is 1.07. The van der Waals surface area contributed by atoms with E-state index in [0.717, 1.165) is 11.2 Å². The molecule has 0 spiro atoms. The average molecular weight is 713 g/mol. The third-order valence-corrected chi connectivity index (χ3v) is 12.6. The van der Waals surface area contributed by atoms with E-state index in [4.69, 9.17) is 4.42 Å². The maximum Gasteiger partial charge on any atom is 0.143 e. The summed E-state index contributed by atoms with van der Waals surface area (Å²) in [6, 6.07) is 67.0. The maximum atomic E-state index is 6.63. The molecule has 0 unspecified atom stereocenters. The van der Waals surface area contributed by atoms with Crippen molar-refractivity contribution in [2.45, 2.75) is 19.3 Å². The summed E-state index contributed by atoms with van der Waals surface area (Å²) in [6.07, 6.45) is 0. The molecule has 1 heteroatoms. The largest absolute Gasteiger partial charge is 0.455 e. The molecule has 0 bridgehead atoms. The monoisotopic (exact) mass is 712 g/mol. The molecule has 11 aromatic rings. The highest BCUT2D eigenvalue weighted by Gasteiger charge is 2.39. The number of benzene rings is 10. The minimum Gasteiger partial charge on any atom is -0.455 e. The molecule has 0 saturated heterocycles. The molecule has 1 aromatic heterocycles. The van der Waals surface area contributed by atoms with Crippen LogP contribution in [0.2, 0.25) is 0 Å². The van der Waals surface area contributed by atoms with Crippen molar-refractivity contribution in [2.24, 2.45) is 0 Å². The summed E-state index contributed by atoms with van der Waals surface area (Å²) in [5.74, 6) is 0. The molecule has 1 nitrogen and oxygen atoms in total. The first-order chi connectivity index (χ1) is 27.6. The predicted molar refractivity (Wildman–Crippen MR) is 238 cm³/mol. The molecule has 0 atom stereocenters. The molecular formula is C55H36O. The van der Waals surface area contributed by atoms with E-state index in [9.17, 15) is 0 Å². The summed E-state index contributed by atoms with van der Waals surface area (Å²) in [5, 5.41) is 12.4. The number of rotatable bonds is 3. The van der Waals surface area contributed by atoms with Crippen LogP contribution >= 0.6 is 0 Å². The van der Waals surface area contributed by atoms with Crippen LogP contribution in [0.5, 0.6) is 0 Å². The van der Waals surface area contributed by atoms with Gasteiger partial charge >= 0.3 is 0 Å². The van der Waals surface area contributed by atoms with E-state index in [2.05, 4.69) is 196 Å². The number of hydrogen-bond acceptors (Lipinski definition) is 1. The van der Waals surface area contributed by atoms with Crippen LogP contribution in [0.4, 0.5) is 0 Å². The van der Waals surface area contributed by atoms with Gasteiger partial charge in [-0.3, -0.25) is 0 Å². The van der Waals surface area contributed by atoms with Gasteiger partial charge in [-0.05, 0) is 112 Å². The number of hydrogen-bond donors (Lipinski definition) is 0. The molecule has 1 aliphatic rings. The van der Waals surface area contributed by atoms with E-state index in [-0.39, 0.29) is 5.41 Å². The molecule has 56 heavy (non-hydrogen) atoms. The second-order valence-corrected chi connectivity index (χ2v) is 15.9. The Hall–Kier alpha value is -6.96. The molecule has 0 saturated carbocycles. The number of para-hydroxylation sites is 1. The Labute approximate surface area is 325 Å². The van der Waals surface area contributed by atoms with Crippen molar-refractivity contribution in [1.82, 2.24) is 0 Å². The third kappa shape index (κ3) is 4.26. The van der Waals surface area contributed by atoms with Crippen LogP contribution in [-0.2, 0) is 5.41 Å². The van der Waals surface area contributed by atoms with Crippen molar-refractivity contribution < 1.29 is 4.42 Å². The third-order valence-electron chi connectivity index (χ3n) is 12.6. The van der Waals surface area contributed by atoms with Gasteiger partial charge in [0.2, 0.25) is 0 Å². The lowest BCUT2D eigenvalue weighted by molar-refractivity contribution is 0.664. The van der Waals surface area contributed by atoms with Crippen LogP contribution in [0.25, 0.3) is 110 Å². The summed E-state index contributed by atoms with van der Waals surface area (Å²) < 4.78 is 6.63. The van der Waals surface area contributed by atoms with E-state index in [1.54, 1.807) is 0 Å². The van der Waals surface area contributed by atoms with Crippen molar-refractivity contribution in [2.75, 3.05) is 0 Å². The minimum absolute atomic E-state index is 0.214. The lowest BCUT2D eigenvalue weighted by Crippen LogP contribution is -2.15. The van der Waals surface area contributed by atoms with E-state index < -0.39 is 0 Å². The van der Waals surface area contributed by atoms with Crippen molar-refractivity contribution in [3.05, 3.63) is 193 Å². The predicted octanol–water partition coefficient (Wildman–Crippen LogP) is 15.5. The van der Waals surface area contributed by atoms with Gasteiger partial charge < -0.3 is 4.42 Å².